The predicted octanol–water partition coefficient (Wildman–Crippen LogP) is 16.3. The molecule has 14 rings (SSSR count). The van der Waals surface area contributed by atoms with Gasteiger partial charge in [0.15, 0.2) is 23.3 Å². The number of aromatic nitrogens is 4. The number of para-hydroxylation sites is 3. The molecule has 8 nitrogen and oxygen atoms in total. The van der Waals surface area contributed by atoms with Crippen LogP contribution in [0, 0.1) is 37.1 Å². The summed E-state index contributed by atoms with van der Waals surface area (Å²) >= 11 is 0.250. The van der Waals surface area contributed by atoms with E-state index in [-0.39, 0.29) is 35.8 Å². The number of nitrogens with two attached hydrogens (primary N) is 1. The summed E-state index contributed by atoms with van der Waals surface area (Å²) in [5.74, 6) is -3.32. The molecule has 1 radical (unpaired) electrons. The molecular weight excluding hydrogens is 1060 g/mol. The number of nitrogens with zero attached hydrogens (tertiary/aromatic N) is 4. The summed E-state index contributed by atoms with van der Waals surface area (Å²) in [6.07, 6.45) is 6.17. The smallest absolute Gasteiger partial charge is 0.313 e. The number of fused-ring (bicyclic) bond motifs is 12. The lowest BCUT2D eigenvalue weighted by Gasteiger charge is -2.19. The standard InChI is InChI=1S/C18H12.C13H10N2.C13H10O2S.C12H8N2.C8H6F4.2CH4.CH3.Al.H2N.H2O/c1-2-8-14-13(7-1)15-9-3-4-11-17(15)18-12-6-5-10-16(14)18;1-2-6-11(7-3-1)15-10-14-12-8-4-5-9-13(12)15;14-16(15)12-7-3-1-5-10(12)9-11-6-2-4-8-13(11)16;1-3-9-5-6-10-4-2-8-14-12(10)11(9)13-7-1;1-3-5(9)7(11)4(2)8(12)6(3)10;;;;;;/h1-12H;1-10H;1-8H,9H2;1-8H;1-2H3;2*1H4;1H3;;2*1H2/q;;;;;;;;+1;-1;. The molecule has 10 aromatic carbocycles. The Morgan fingerprint density at radius 1 is 0.457 bits per heavy atom. The Kier molecular flexibility index (Phi) is 21.3. The summed E-state index contributed by atoms with van der Waals surface area (Å²) in [7, 11) is -3.30. The summed E-state index contributed by atoms with van der Waals surface area (Å²) in [5, 5.41) is 10.3. The normalized spacial score (nSPS) is 11.3. The highest BCUT2D eigenvalue weighted by atomic mass is 32.2. The van der Waals surface area contributed by atoms with Gasteiger partial charge in [0.2, 0.25) is 9.84 Å². The molecule has 0 fully saturated rings. The third kappa shape index (κ3) is 13.2. The number of hydrogen-bond donors (Lipinski definition) is 1. The average Bonchev–Trinajstić information content (AvgIpc) is 4.01. The topological polar surface area (TPSA) is 135 Å². The van der Waals surface area contributed by atoms with Crippen molar-refractivity contribution in [3.8, 4) is 5.69 Å². The van der Waals surface area contributed by atoms with Gasteiger partial charge in [0, 0.05) is 46.4 Å². The molecule has 3 aromatic heterocycles. The maximum absolute atomic E-state index is 12.7. The van der Waals surface area contributed by atoms with E-state index < -0.39 is 44.2 Å². The lowest BCUT2D eigenvalue weighted by molar-refractivity contribution is 0.436. The minimum Gasteiger partial charge on any atom is -0.420 e. The number of rotatable bonds is 1. The highest BCUT2D eigenvalue weighted by Gasteiger charge is 2.28. The van der Waals surface area contributed by atoms with Gasteiger partial charge in [-0.1, -0.05) is 184 Å². The van der Waals surface area contributed by atoms with Crippen LogP contribution in [0.1, 0.15) is 37.1 Å². The lowest BCUT2D eigenvalue weighted by atomic mass is 9.95. The van der Waals surface area contributed by atoms with Gasteiger partial charge in [-0.25, -0.2) is 31.0 Å². The fourth-order valence-electron chi connectivity index (χ4n) is 9.29. The quantitative estimate of drug-likeness (QED) is 0.0753. The highest BCUT2D eigenvalue weighted by Crippen LogP contribution is 2.36. The molecule has 14 heteroatoms. The molecule has 409 valence electrons. The van der Waals surface area contributed by atoms with Crippen molar-refractivity contribution in [2.45, 2.75) is 50.7 Å². The Hall–Kier alpha value is -8.61. The molecule has 0 amide bonds. The van der Waals surface area contributed by atoms with Crippen molar-refractivity contribution in [2.24, 2.45) is 4.72 Å². The van der Waals surface area contributed by atoms with E-state index in [1.807, 2.05) is 84.9 Å². The summed E-state index contributed by atoms with van der Waals surface area (Å²) < 4.78 is 82.2. The number of sulfone groups is 1. The number of benzene rings is 10. The van der Waals surface area contributed by atoms with Crippen molar-refractivity contribution in [3.63, 3.8) is 0 Å². The van der Waals surface area contributed by atoms with E-state index in [2.05, 4.69) is 135 Å². The van der Waals surface area contributed by atoms with Crippen LogP contribution in [0.15, 0.2) is 241 Å². The Morgan fingerprint density at radius 2 is 0.802 bits per heavy atom. The minimum absolute atomic E-state index is 0. The zero-order valence-electron chi connectivity index (χ0n) is 43.3. The maximum Gasteiger partial charge on any atom is 0.313 e. The molecule has 4 N–H and O–H groups in total. The SMILES string of the molecule is C.C.Cc1c(F)c(F)c(C)c(F)c1F.O.O=S1(=O)c2ccccc2Cc2ccccc21.[CH3][Al][NH2].c1ccc(-n2cnc3ccccc32)cc1.c1ccc2c(c1)c1ccccc1c1ccccc21.c1cnc2c(c1)ccc1cccnc12. The van der Waals surface area contributed by atoms with Crippen LogP contribution in [-0.2, 0) is 16.3 Å². The van der Waals surface area contributed by atoms with Crippen molar-refractivity contribution in [1.82, 2.24) is 19.5 Å². The third-order valence-electron chi connectivity index (χ3n) is 13.1. The largest absolute Gasteiger partial charge is 0.420 e. The third-order valence-corrected chi connectivity index (χ3v) is 15.0. The van der Waals surface area contributed by atoms with Gasteiger partial charge in [-0.2, -0.15) is 0 Å². The number of halogens is 4. The molecule has 0 unspecified atom stereocenters. The summed E-state index contributed by atoms with van der Waals surface area (Å²) in [6.45, 7) is 1.96. The van der Waals surface area contributed by atoms with Crippen LogP contribution in [0.3, 0.4) is 0 Å². The summed E-state index contributed by atoms with van der Waals surface area (Å²) in [6, 6.07) is 70.9. The second-order valence-corrected chi connectivity index (χ2v) is 20.6. The first kappa shape index (κ1) is 61.6. The van der Waals surface area contributed by atoms with Gasteiger partial charge >= 0.3 is 15.4 Å². The van der Waals surface area contributed by atoms with Gasteiger partial charge in [0.25, 0.3) is 0 Å². The van der Waals surface area contributed by atoms with Gasteiger partial charge in [-0.05, 0) is 106 Å². The van der Waals surface area contributed by atoms with E-state index in [4.69, 9.17) is 4.72 Å². The summed E-state index contributed by atoms with van der Waals surface area (Å²) in [5.41, 5.74) is 5.79. The van der Waals surface area contributed by atoms with Gasteiger partial charge in [-0.3, -0.25) is 14.5 Å². The van der Waals surface area contributed by atoms with Crippen molar-refractivity contribution in [2.75, 3.05) is 0 Å². The van der Waals surface area contributed by atoms with Crippen LogP contribution >= 0.6 is 0 Å². The van der Waals surface area contributed by atoms with Gasteiger partial charge in [-0.15, -0.1) is 0 Å². The van der Waals surface area contributed by atoms with E-state index in [0.29, 0.717) is 16.2 Å². The van der Waals surface area contributed by atoms with E-state index in [9.17, 15) is 26.0 Å². The molecule has 4 heterocycles. The van der Waals surface area contributed by atoms with Crippen molar-refractivity contribution in [3.05, 3.63) is 277 Å². The Morgan fingerprint density at radius 3 is 1.21 bits per heavy atom. The molecular formula is C67H61AlF4N5O3S. The fraction of sp³-hybridized carbons (Fsp3) is 0.0896. The fourth-order valence-corrected chi connectivity index (χ4v) is 11.0. The molecule has 1 aliphatic rings. The van der Waals surface area contributed by atoms with Gasteiger partial charge < -0.3 is 10.2 Å². The average molecular weight is 1120 g/mol. The Labute approximate surface area is 476 Å². The van der Waals surface area contributed by atoms with Gasteiger partial charge in [0.05, 0.1) is 31.9 Å². The van der Waals surface area contributed by atoms with Crippen LogP contribution in [0.4, 0.5) is 17.6 Å². The van der Waals surface area contributed by atoms with Crippen LogP contribution in [0.2, 0.25) is 5.79 Å². The molecule has 0 spiro atoms. The van der Waals surface area contributed by atoms with Crippen LogP contribution in [-0.4, -0.2) is 48.9 Å². The number of pyridine rings is 2. The first-order valence-electron chi connectivity index (χ1n) is 25.0. The van der Waals surface area contributed by atoms with Crippen LogP contribution in [0.25, 0.3) is 70.8 Å². The predicted molar refractivity (Wildman–Crippen MR) is 327 cm³/mol. The number of hydrogen-bond acceptors (Lipinski definition) is 6. The molecule has 0 saturated carbocycles. The van der Waals surface area contributed by atoms with Gasteiger partial charge in [0.1, 0.15) is 6.33 Å². The van der Waals surface area contributed by atoms with E-state index in [1.54, 1.807) is 36.7 Å². The molecule has 0 atom stereocenters. The second kappa shape index (κ2) is 28.0. The first-order valence-corrected chi connectivity index (χ1v) is 28.3. The molecule has 0 bridgehead atoms. The molecule has 0 aliphatic carbocycles. The zero-order valence-corrected chi connectivity index (χ0v) is 45.3. The lowest BCUT2D eigenvalue weighted by Crippen LogP contribution is -2.14. The van der Waals surface area contributed by atoms with E-state index in [0.717, 1.165) is 63.5 Å². The minimum atomic E-state index is -3.30. The van der Waals surface area contributed by atoms with Crippen LogP contribution in [0.5, 0.6) is 0 Å². The van der Waals surface area contributed by atoms with Crippen molar-refractivity contribution < 1.29 is 31.5 Å². The molecule has 81 heavy (non-hydrogen) atoms. The van der Waals surface area contributed by atoms with E-state index in [1.165, 1.54) is 32.3 Å². The second-order valence-electron chi connectivity index (χ2n) is 18.0. The molecule has 1 aliphatic heterocycles. The maximum atomic E-state index is 12.7. The van der Waals surface area contributed by atoms with Crippen molar-refractivity contribution >= 4 is 90.4 Å². The highest BCUT2D eigenvalue weighted by molar-refractivity contribution is 7.91. The summed E-state index contributed by atoms with van der Waals surface area (Å²) in [4.78, 5) is 14.0. The Bertz CT molecular complexity index is 3940. The molecule has 0 saturated heterocycles. The first-order chi connectivity index (χ1) is 37.9. The Balaban J connectivity index is 0.000000160. The van der Waals surface area contributed by atoms with Crippen molar-refractivity contribution in [1.29, 1.82) is 0 Å². The van der Waals surface area contributed by atoms with E-state index >= 15 is 0 Å². The molecule has 13 aromatic rings. The zero-order chi connectivity index (χ0) is 54.8. The monoisotopic (exact) mass is 1120 g/mol. The number of imidazole rings is 1. The van der Waals surface area contributed by atoms with Crippen LogP contribution < -0.4 is 4.72 Å².